The molecule has 3 aromatic heterocycles. The van der Waals surface area contributed by atoms with Crippen LogP contribution in [0.1, 0.15) is 70.5 Å². The van der Waals surface area contributed by atoms with E-state index in [4.69, 9.17) is 56.4 Å². The topological polar surface area (TPSA) is 83.0 Å². The number of nitrogens with one attached hydrogen (secondary N) is 2. The molecule has 0 unspecified atom stereocenters. The molecule has 280 valence electrons. The van der Waals surface area contributed by atoms with Gasteiger partial charge in [-0.3, -0.25) is 15.0 Å². The highest BCUT2D eigenvalue weighted by atomic mass is 35.5. The van der Waals surface area contributed by atoms with E-state index in [9.17, 15) is 4.79 Å². The van der Waals surface area contributed by atoms with Crippen LogP contribution in [0.4, 0.5) is 10.5 Å². The Morgan fingerprint density at radius 2 is 1.18 bits per heavy atom. The van der Waals surface area contributed by atoms with Crippen molar-refractivity contribution in [1.29, 1.82) is 0 Å². The fraction of sp³-hybridized carbons (Fsp3) is 0.273. The van der Waals surface area contributed by atoms with E-state index in [0.717, 1.165) is 107 Å². The summed E-state index contributed by atoms with van der Waals surface area (Å²) in [5, 5.41) is 9.46. The Hall–Kier alpha value is -4.24. The van der Waals surface area contributed by atoms with Gasteiger partial charge in [0.2, 0.25) is 0 Å². The summed E-state index contributed by atoms with van der Waals surface area (Å²) >= 11 is 25.6. The first-order chi connectivity index (χ1) is 26.8. The number of hydrogen-bond acceptors (Lipinski definition) is 5. The minimum absolute atomic E-state index is 0.100. The van der Waals surface area contributed by atoms with Crippen LogP contribution in [-0.2, 0) is 25.7 Å². The standard InChI is InChI=1S/C25H22Cl2N4O.C19H18Cl2N2/c26-18-4-6-20-17(14-18)3-5-21-22(27)7-11-29-24(21)23(20)16-8-12-31(13-9-16)25(32)30-19-2-1-10-28-15-19;20-14-2-4-15-13(11-14)1-3-16-17(21)7-10-23-19(16)18(15)12-5-8-22-9-6-12/h1-2,4,6-7,10-11,14-15H,3,5,8-9,12-13H2,(H,30,32);2,4,7,10-11,22H,1,3,5-6,8-9H2. The molecule has 0 bridgehead atoms. The van der Waals surface area contributed by atoms with E-state index in [0.29, 0.717) is 18.8 Å². The molecule has 2 N–H and O–H groups in total. The van der Waals surface area contributed by atoms with Crippen molar-refractivity contribution >= 4 is 69.3 Å². The number of aromatic nitrogens is 3. The highest BCUT2D eigenvalue weighted by Crippen LogP contribution is 2.41. The van der Waals surface area contributed by atoms with Crippen molar-refractivity contribution in [3.63, 3.8) is 0 Å². The SMILES string of the molecule is Clc1ccc2c(c1)CCc1c(Cl)ccnc1C2=C1CCNCC1.O=C(Nc1cccnc1)N1CCC(=C2c3ccc(Cl)cc3CCc3c(Cl)ccnc32)CC1. The monoisotopic (exact) mass is 808 g/mol. The van der Waals surface area contributed by atoms with Crippen LogP contribution in [0.5, 0.6) is 0 Å². The predicted molar refractivity (Wildman–Crippen MR) is 224 cm³/mol. The highest BCUT2D eigenvalue weighted by molar-refractivity contribution is 6.32. The number of aryl methyl sites for hydroxylation is 2. The largest absolute Gasteiger partial charge is 0.324 e. The molecule has 2 aromatic carbocycles. The number of halogens is 4. The molecular formula is C44H40Cl4N6O. The van der Waals surface area contributed by atoms with Gasteiger partial charge >= 0.3 is 6.03 Å². The number of nitrogens with zero attached hydrogens (tertiary/aromatic N) is 4. The van der Waals surface area contributed by atoms with Crippen LogP contribution in [0.2, 0.25) is 20.1 Å². The lowest BCUT2D eigenvalue weighted by molar-refractivity contribution is 0.207. The van der Waals surface area contributed by atoms with Crippen molar-refractivity contribution in [1.82, 2.24) is 25.2 Å². The molecule has 2 amide bonds. The van der Waals surface area contributed by atoms with Gasteiger partial charge in [0, 0.05) is 62.9 Å². The lowest BCUT2D eigenvalue weighted by Crippen LogP contribution is -2.39. The minimum atomic E-state index is -0.100. The van der Waals surface area contributed by atoms with Crippen LogP contribution in [0.3, 0.4) is 0 Å². The Morgan fingerprint density at radius 3 is 1.71 bits per heavy atom. The average molecular weight is 811 g/mol. The number of likely N-dealkylation sites (tertiary alicyclic amines) is 1. The number of piperidine rings is 2. The number of amides is 2. The summed E-state index contributed by atoms with van der Waals surface area (Å²) in [5.74, 6) is 0. The lowest BCUT2D eigenvalue weighted by atomic mass is 9.88. The summed E-state index contributed by atoms with van der Waals surface area (Å²) in [4.78, 5) is 28.1. The molecular weight excluding hydrogens is 770 g/mol. The summed E-state index contributed by atoms with van der Waals surface area (Å²) in [5.41, 5.74) is 15.2. The number of carbonyl (C=O) groups is 1. The van der Waals surface area contributed by atoms with Crippen molar-refractivity contribution < 1.29 is 4.79 Å². The van der Waals surface area contributed by atoms with E-state index in [1.807, 2.05) is 47.5 Å². The molecule has 4 aliphatic rings. The number of carbonyl (C=O) groups excluding carboxylic acids is 1. The number of benzene rings is 2. The molecule has 0 radical (unpaired) electrons. The molecule has 2 saturated heterocycles. The summed E-state index contributed by atoms with van der Waals surface area (Å²) in [6.07, 6.45) is 14.2. The van der Waals surface area contributed by atoms with Crippen molar-refractivity contribution in [3.05, 3.63) is 161 Å². The van der Waals surface area contributed by atoms with Crippen LogP contribution >= 0.6 is 46.4 Å². The molecule has 11 heteroatoms. The van der Waals surface area contributed by atoms with Gasteiger partial charge in [-0.25, -0.2) is 4.79 Å². The van der Waals surface area contributed by atoms with Crippen LogP contribution in [0, 0.1) is 0 Å². The Kier molecular flexibility index (Phi) is 11.6. The van der Waals surface area contributed by atoms with E-state index in [-0.39, 0.29) is 6.03 Å². The van der Waals surface area contributed by atoms with Gasteiger partial charge in [-0.2, -0.15) is 0 Å². The first-order valence-electron chi connectivity index (χ1n) is 18.8. The van der Waals surface area contributed by atoms with Crippen molar-refractivity contribution in [2.45, 2.75) is 51.4 Å². The normalized spacial score (nSPS) is 16.4. The number of hydrogen-bond donors (Lipinski definition) is 2. The molecule has 2 fully saturated rings. The Bertz CT molecular complexity index is 2310. The smallest absolute Gasteiger partial charge is 0.321 e. The second kappa shape index (κ2) is 16.9. The molecule has 7 nitrogen and oxygen atoms in total. The number of fused-ring (bicyclic) bond motifs is 4. The van der Waals surface area contributed by atoms with Gasteiger partial charge in [-0.1, -0.05) is 69.7 Å². The van der Waals surface area contributed by atoms with Gasteiger partial charge in [0.1, 0.15) is 0 Å². The number of rotatable bonds is 1. The Labute approximate surface area is 341 Å². The molecule has 0 spiro atoms. The number of pyridine rings is 3. The third kappa shape index (κ3) is 8.18. The zero-order chi connectivity index (χ0) is 37.9. The van der Waals surface area contributed by atoms with Gasteiger partial charge in [0.25, 0.3) is 0 Å². The Balaban J connectivity index is 0.000000164. The van der Waals surface area contributed by atoms with Gasteiger partial charge in [0.05, 0.1) is 23.3 Å². The first-order valence-corrected chi connectivity index (χ1v) is 20.3. The molecule has 9 rings (SSSR count). The fourth-order valence-corrected chi connectivity index (χ4v) is 9.08. The third-order valence-electron chi connectivity index (χ3n) is 10.9. The number of urea groups is 1. The lowest BCUT2D eigenvalue weighted by Gasteiger charge is -2.30. The second-order valence-corrected chi connectivity index (χ2v) is 15.9. The fourth-order valence-electron chi connectivity index (χ4n) is 8.21. The summed E-state index contributed by atoms with van der Waals surface area (Å²) in [7, 11) is 0. The second-order valence-electron chi connectivity index (χ2n) is 14.2. The first kappa shape index (κ1) is 37.7. The van der Waals surface area contributed by atoms with E-state index in [2.05, 4.69) is 33.8 Å². The van der Waals surface area contributed by atoms with Crippen LogP contribution in [0.15, 0.2) is 96.6 Å². The number of anilines is 1. The van der Waals surface area contributed by atoms with Crippen LogP contribution in [-0.4, -0.2) is 52.1 Å². The molecule has 2 aliphatic carbocycles. The van der Waals surface area contributed by atoms with Crippen LogP contribution in [0.25, 0.3) is 11.1 Å². The maximum absolute atomic E-state index is 12.7. The molecule has 0 saturated carbocycles. The van der Waals surface area contributed by atoms with Crippen molar-refractivity contribution in [2.24, 2.45) is 0 Å². The summed E-state index contributed by atoms with van der Waals surface area (Å²) in [6.45, 7) is 3.34. The molecule has 55 heavy (non-hydrogen) atoms. The maximum atomic E-state index is 12.7. The van der Waals surface area contributed by atoms with E-state index >= 15 is 0 Å². The zero-order valence-corrected chi connectivity index (χ0v) is 33.3. The van der Waals surface area contributed by atoms with Gasteiger partial charge in [-0.15, -0.1) is 0 Å². The zero-order valence-electron chi connectivity index (χ0n) is 30.3. The van der Waals surface area contributed by atoms with Crippen molar-refractivity contribution in [3.8, 4) is 0 Å². The van der Waals surface area contributed by atoms with E-state index < -0.39 is 0 Å². The van der Waals surface area contributed by atoms with Gasteiger partial charge in [0.15, 0.2) is 0 Å². The highest BCUT2D eigenvalue weighted by Gasteiger charge is 2.28. The maximum Gasteiger partial charge on any atom is 0.321 e. The van der Waals surface area contributed by atoms with Crippen molar-refractivity contribution in [2.75, 3.05) is 31.5 Å². The van der Waals surface area contributed by atoms with Gasteiger partial charge < -0.3 is 15.5 Å². The predicted octanol–water partition coefficient (Wildman–Crippen LogP) is 10.7. The third-order valence-corrected chi connectivity index (χ3v) is 12.1. The quantitative estimate of drug-likeness (QED) is 0.176. The molecule has 2 aliphatic heterocycles. The summed E-state index contributed by atoms with van der Waals surface area (Å²) in [6, 6.07) is 19.6. The van der Waals surface area contributed by atoms with Crippen LogP contribution < -0.4 is 10.6 Å². The van der Waals surface area contributed by atoms with E-state index in [1.54, 1.807) is 24.7 Å². The van der Waals surface area contributed by atoms with E-state index in [1.165, 1.54) is 44.5 Å². The molecule has 5 heterocycles. The molecule has 0 atom stereocenters. The van der Waals surface area contributed by atoms with Gasteiger partial charge in [-0.05, 0) is 146 Å². The average Bonchev–Trinajstić information content (AvgIpc) is 3.47. The minimum Gasteiger partial charge on any atom is -0.324 e. The summed E-state index contributed by atoms with van der Waals surface area (Å²) < 4.78 is 0. The Morgan fingerprint density at radius 1 is 0.636 bits per heavy atom. The molecule has 5 aromatic rings.